The maximum Gasteiger partial charge on any atom is 0.236 e. The Morgan fingerprint density at radius 2 is 2.00 bits per heavy atom. The summed E-state index contributed by atoms with van der Waals surface area (Å²) in [6.45, 7) is 1.22. The standard InChI is InChI=1S/C21H19FN4O2S2/c1-28-11-10-26-18-5-3-2-4-16(18)24-21(26)30-13-19(27)25-20-23-17(12-29-20)14-6-8-15(22)9-7-14/h2-9,12H,10-11,13H2,1H3,(H,23,25,27). The molecule has 1 amide bonds. The molecule has 0 fully saturated rings. The van der Waals surface area contributed by atoms with Gasteiger partial charge in [0.2, 0.25) is 5.91 Å². The fourth-order valence-electron chi connectivity index (χ4n) is 2.93. The lowest BCUT2D eigenvalue weighted by atomic mass is 10.2. The molecule has 0 aliphatic rings. The van der Waals surface area contributed by atoms with E-state index in [-0.39, 0.29) is 17.5 Å². The van der Waals surface area contributed by atoms with Gasteiger partial charge in [0.15, 0.2) is 10.3 Å². The highest BCUT2D eigenvalue weighted by molar-refractivity contribution is 7.99. The highest BCUT2D eigenvalue weighted by Crippen LogP contribution is 2.27. The molecule has 1 N–H and O–H groups in total. The van der Waals surface area contributed by atoms with E-state index in [0.717, 1.165) is 21.8 Å². The van der Waals surface area contributed by atoms with Crippen molar-refractivity contribution in [3.8, 4) is 11.3 Å². The molecule has 0 spiro atoms. The van der Waals surface area contributed by atoms with Gasteiger partial charge in [0, 0.05) is 24.6 Å². The molecule has 0 saturated heterocycles. The lowest BCUT2D eigenvalue weighted by Crippen LogP contribution is -2.14. The minimum atomic E-state index is -0.295. The number of para-hydroxylation sites is 2. The molecule has 30 heavy (non-hydrogen) atoms. The molecule has 6 nitrogen and oxygen atoms in total. The van der Waals surface area contributed by atoms with Crippen LogP contribution in [-0.2, 0) is 16.1 Å². The maximum atomic E-state index is 13.1. The fourth-order valence-corrected chi connectivity index (χ4v) is 4.51. The number of nitrogens with zero attached hydrogens (tertiary/aromatic N) is 3. The number of anilines is 1. The number of halogens is 1. The molecule has 0 saturated carbocycles. The van der Waals surface area contributed by atoms with E-state index in [1.165, 1.54) is 35.2 Å². The minimum Gasteiger partial charge on any atom is -0.383 e. The first-order valence-electron chi connectivity index (χ1n) is 9.22. The van der Waals surface area contributed by atoms with Gasteiger partial charge >= 0.3 is 0 Å². The number of carbonyl (C=O) groups is 1. The largest absolute Gasteiger partial charge is 0.383 e. The topological polar surface area (TPSA) is 69.0 Å². The summed E-state index contributed by atoms with van der Waals surface area (Å²) in [4.78, 5) is 21.5. The second-order valence-electron chi connectivity index (χ2n) is 6.41. The normalized spacial score (nSPS) is 11.1. The molecular formula is C21H19FN4O2S2. The number of methoxy groups -OCH3 is 1. The van der Waals surface area contributed by atoms with Gasteiger partial charge in [-0.2, -0.15) is 0 Å². The van der Waals surface area contributed by atoms with Crippen LogP contribution in [0.15, 0.2) is 59.1 Å². The molecule has 0 aliphatic heterocycles. The first-order valence-corrected chi connectivity index (χ1v) is 11.1. The molecule has 0 aliphatic carbocycles. The van der Waals surface area contributed by atoms with Crippen molar-refractivity contribution < 1.29 is 13.9 Å². The van der Waals surface area contributed by atoms with E-state index in [1.54, 1.807) is 19.2 Å². The number of carbonyl (C=O) groups excluding carboxylic acids is 1. The number of ether oxygens (including phenoxy) is 1. The Hall–Kier alpha value is -2.75. The lowest BCUT2D eigenvalue weighted by Gasteiger charge is -2.08. The van der Waals surface area contributed by atoms with Gasteiger partial charge in [-0.3, -0.25) is 4.79 Å². The molecule has 2 aromatic heterocycles. The van der Waals surface area contributed by atoms with E-state index in [1.807, 2.05) is 29.6 Å². The average Bonchev–Trinajstić information content (AvgIpc) is 3.35. The van der Waals surface area contributed by atoms with Crippen LogP contribution in [0.1, 0.15) is 0 Å². The third kappa shape index (κ3) is 4.69. The van der Waals surface area contributed by atoms with Crippen LogP contribution in [0.4, 0.5) is 9.52 Å². The van der Waals surface area contributed by atoms with Crippen LogP contribution in [0.5, 0.6) is 0 Å². The van der Waals surface area contributed by atoms with Gasteiger partial charge in [0.1, 0.15) is 5.82 Å². The zero-order valence-electron chi connectivity index (χ0n) is 16.2. The van der Waals surface area contributed by atoms with Gasteiger partial charge in [0.25, 0.3) is 0 Å². The number of rotatable bonds is 8. The summed E-state index contributed by atoms with van der Waals surface area (Å²) in [5.74, 6) is -0.247. The van der Waals surface area contributed by atoms with E-state index in [0.29, 0.717) is 24.0 Å². The predicted molar refractivity (Wildman–Crippen MR) is 118 cm³/mol. The van der Waals surface area contributed by atoms with Gasteiger partial charge in [-0.15, -0.1) is 11.3 Å². The Bertz CT molecular complexity index is 1160. The molecule has 0 atom stereocenters. The van der Waals surface area contributed by atoms with Gasteiger partial charge in [-0.25, -0.2) is 14.4 Å². The van der Waals surface area contributed by atoms with Crippen LogP contribution >= 0.6 is 23.1 Å². The Balaban J connectivity index is 1.41. The Morgan fingerprint density at radius 3 is 2.80 bits per heavy atom. The third-order valence-electron chi connectivity index (χ3n) is 4.36. The number of hydrogen-bond donors (Lipinski definition) is 1. The van der Waals surface area contributed by atoms with Crippen molar-refractivity contribution in [2.75, 3.05) is 24.8 Å². The summed E-state index contributed by atoms with van der Waals surface area (Å²) in [6.07, 6.45) is 0. The van der Waals surface area contributed by atoms with Crippen LogP contribution in [0.3, 0.4) is 0 Å². The second-order valence-corrected chi connectivity index (χ2v) is 8.21. The van der Waals surface area contributed by atoms with Crippen molar-refractivity contribution in [2.45, 2.75) is 11.7 Å². The molecule has 9 heteroatoms. The quantitative estimate of drug-likeness (QED) is 0.402. The first kappa shape index (κ1) is 20.5. The van der Waals surface area contributed by atoms with Gasteiger partial charge in [-0.1, -0.05) is 23.9 Å². The summed E-state index contributed by atoms with van der Waals surface area (Å²) >= 11 is 2.71. The van der Waals surface area contributed by atoms with E-state index < -0.39 is 0 Å². The van der Waals surface area contributed by atoms with Gasteiger partial charge < -0.3 is 14.6 Å². The zero-order valence-corrected chi connectivity index (χ0v) is 17.8. The van der Waals surface area contributed by atoms with Crippen molar-refractivity contribution in [1.82, 2.24) is 14.5 Å². The zero-order chi connectivity index (χ0) is 20.9. The van der Waals surface area contributed by atoms with E-state index in [2.05, 4.69) is 19.9 Å². The lowest BCUT2D eigenvalue weighted by molar-refractivity contribution is -0.113. The number of aromatic nitrogens is 3. The van der Waals surface area contributed by atoms with Crippen LogP contribution in [-0.4, -0.2) is 39.9 Å². The number of nitrogens with one attached hydrogen (secondary N) is 1. The van der Waals surface area contributed by atoms with E-state index in [4.69, 9.17) is 4.74 Å². The molecule has 0 unspecified atom stereocenters. The van der Waals surface area contributed by atoms with Crippen LogP contribution < -0.4 is 5.32 Å². The summed E-state index contributed by atoms with van der Waals surface area (Å²) in [5.41, 5.74) is 3.40. The highest BCUT2D eigenvalue weighted by Gasteiger charge is 2.14. The van der Waals surface area contributed by atoms with Crippen molar-refractivity contribution in [3.63, 3.8) is 0 Å². The summed E-state index contributed by atoms with van der Waals surface area (Å²) in [6, 6.07) is 14.0. The first-order chi connectivity index (χ1) is 14.6. The number of thioether (sulfide) groups is 1. The molecule has 2 aromatic carbocycles. The van der Waals surface area contributed by atoms with Crippen LogP contribution in [0.25, 0.3) is 22.3 Å². The number of imidazole rings is 1. The van der Waals surface area contributed by atoms with Gasteiger partial charge in [0.05, 0.1) is 29.1 Å². The third-order valence-corrected chi connectivity index (χ3v) is 6.10. The maximum absolute atomic E-state index is 13.1. The summed E-state index contributed by atoms with van der Waals surface area (Å²) < 4.78 is 20.3. The molecule has 0 radical (unpaired) electrons. The smallest absolute Gasteiger partial charge is 0.236 e. The molecule has 154 valence electrons. The van der Waals surface area contributed by atoms with Crippen molar-refractivity contribution in [1.29, 1.82) is 0 Å². The molecule has 2 heterocycles. The molecule has 4 rings (SSSR count). The molecular weight excluding hydrogens is 423 g/mol. The molecule has 4 aromatic rings. The van der Waals surface area contributed by atoms with E-state index >= 15 is 0 Å². The van der Waals surface area contributed by atoms with Crippen LogP contribution in [0, 0.1) is 5.82 Å². The fraction of sp³-hybridized carbons (Fsp3) is 0.190. The summed E-state index contributed by atoms with van der Waals surface area (Å²) in [5, 5.41) is 5.94. The minimum absolute atomic E-state index is 0.162. The SMILES string of the molecule is COCCn1c(SCC(=O)Nc2nc(-c3ccc(F)cc3)cs2)nc2ccccc21. The number of hydrogen-bond acceptors (Lipinski definition) is 6. The second kappa shape index (κ2) is 9.38. The average molecular weight is 443 g/mol. The monoisotopic (exact) mass is 442 g/mol. The number of amides is 1. The van der Waals surface area contributed by atoms with Crippen molar-refractivity contribution in [2.24, 2.45) is 0 Å². The van der Waals surface area contributed by atoms with Crippen LogP contribution in [0.2, 0.25) is 0 Å². The highest BCUT2D eigenvalue weighted by atomic mass is 32.2. The number of thiazole rings is 1. The van der Waals surface area contributed by atoms with Gasteiger partial charge in [-0.05, 0) is 36.4 Å². The van der Waals surface area contributed by atoms with E-state index in [9.17, 15) is 9.18 Å². The predicted octanol–water partition coefficient (Wildman–Crippen LogP) is 4.68. The number of fused-ring (bicyclic) bond motifs is 1. The molecule has 0 bridgehead atoms. The van der Waals surface area contributed by atoms with Crippen molar-refractivity contribution in [3.05, 3.63) is 59.7 Å². The summed E-state index contributed by atoms with van der Waals surface area (Å²) in [7, 11) is 1.66. The number of benzene rings is 2. The Labute approximate surface area is 181 Å². The Kier molecular flexibility index (Phi) is 6.41. The Morgan fingerprint density at radius 1 is 1.20 bits per heavy atom. The van der Waals surface area contributed by atoms with Crippen molar-refractivity contribution >= 4 is 45.2 Å².